The molecule has 7 aromatic heterocycles. The first-order valence-electron chi connectivity index (χ1n) is 54.2. The molecule has 144 heavy (non-hydrogen) atoms. The molecule has 0 radical (unpaired) electrons. The summed E-state index contributed by atoms with van der Waals surface area (Å²) in [5.41, 5.74) is 13.2. The fraction of sp³-hybridized carbons (Fsp3) is 0.806. The lowest BCUT2D eigenvalue weighted by atomic mass is 9.80. The molecule has 19 nitrogen and oxygen atoms in total. The molecule has 3 atom stereocenters. The van der Waals surface area contributed by atoms with Crippen molar-refractivity contribution in [3.63, 3.8) is 0 Å². The number of thiazole rings is 1. The van der Waals surface area contributed by atoms with Crippen LogP contribution in [0.3, 0.4) is 0 Å². The fourth-order valence-corrected chi connectivity index (χ4v) is 15.4. The Labute approximate surface area is 891 Å². The van der Waals surface area contributed by atoms with Gasteiger partial charge in [-0.3, -0.25) is 24.6 Å². The number of aromatic amines is 1. The summed E-state index contributed by atoms with van der Waals surface area (Å²) in [7, 11) is 0. The molecule has 1 amide bonds. The molecule has 0 spiro atoms. The van der Waals surface area contributed by atoms with Gasteiger partial charge < -0.3 is 27.7 Å². The predicted octanol–water partition coefficient (Wildman–Crippen LogP) is 34.2. The molecular formula is C124H230N14O5S. The van der Waals surface area contributed by atoms with Gasteiger partial charge in [0.25, 0.3) is 0 Å². The van der Waals surface area contributed by atoms with Crippen molar-refractivity contribution in [2.24, 2.45) is 38.7 Å². The number of nitrogens with one attached hydrogen (secondary N) is 1. The van der Waals surface area contributed by atoms with Gasteiger partial charge in [-0.15, -0.1) is 11.3 Å². The Bertz CT molecular complexity index is 4020. The zero-order valence-corrected chi connectivity index (χ0v) is 107. The van der Waals surface area contributed by atoms with E-state index in [9.17, 15) is 4.79 Å². The second kappa shape index (κ2) is 49.0. The van der Waals surface area contributed by atoms with E-state index in [4.69, 9.17) is 18.2 Å². The monoisotopic (exact) mass is 2030 g/mol. The number of amides is 1. The Kier molecular flexibility index (Phi) is 46.2. The second-order valence-corrected chi connectivity index (χ2v) is 64.9. The Hall–Kier alpha value is -6.22. The van der Waals surface area contributed by atoms with Crippen molar-refractivity contribution in [3.05, 3.63) is 128 Å². The van der Waals surface area contributed by atoms with Crippen LogP contribution in [0.1, 0.15) is 544 Å². The molecule has 0 aromatic carbocycles. The maximum atomic E-state index is 11.8. The van der Waals surface area contributed by atoms with Gasteiger partial charge in [-0.25, -0.2) is 9.97 Å². The van der Waals surface area contributed by atoms with Crippen LogP contribution < -0.4 is 0 Å². The fourth-order valence-electron chi connectivity index (χ4n) is 14.3. The predicted molar refractivity (Wildman–Crippen MR) is 623 cm³/mol. The number of hydrogen-bond acceptors (Lipinski definition) is 16. The van der Waals surface area contributed by atoms with Crippen LogP contribution in [0, 0.1) is 33.5 Å². The van der Waals surface area contributed by atoms with Gasteiger partial charge in [-0.1, -0.05) is 343 Å². The lowest BCUT2D eigenvalue weighted by Gasteiger charge is -2.35. The van der Waals surface area contributed by atoms with Gasteiger partial charge in [0.15, 0.2) is 5.89 Å². The lowest BCUT2D eigenvalue weighted by molar-refractivity contribution is -0.131. The minimum Gasteiger partial charge on any atom is -0.468 e. The van der Waals surface area contributed by atoms with Crippen LogP contribution in [0.25, 0.3) is 0 Å². The molecular weight excluding hydrogens is 1800 g/mol. The minimum atomic E-state index is -0.0243. The molecule has 1 N–H and O–H groups in total. The largest absolute Gasteiger partial charge is 0.468 e. The topological polar surface area (TPSA) is 194 Å². The first kappa shape index (κ1) is 136. The number of oxime groups is 1. The summed E-state index contributed by atoms with van der Waals surface area (Å²) in [4.78, 5) is 37.7. The highest BCUT2D eigenvalue weighted by molar-refractivity contribution is 7.09. The standard InChI is InChI=1S/C12H23NO.C12H25N.C12H21N.C12H20O.C11H24N2.C11H20N2.C11H19NO.C11H21NO.C11H19NO.C11H19NS.C10H19N3/c1-11(2,3)9-7-10(14)13(8-9)12(4,5)6;2*1-11(2,3)10-7-8-13(9-10)12(4,5)6;1-11(2,3)9-7-10(13-8-9)12(4,5)6;1-10(2,3)12-7-8-13(9-12)11(4,5)6;1-10(2,3)8-7-9(13-12-8)11(4,5)6;1-10(2,3)8-7-12-9(13-8)11(4,5)6;2*1-10(2,3)8-7-9(13-12-8)11(4,5)6;1-10(2,3)8-7-13-9(12-8)11(4,5)6;1-9(2,3)8-7-11-13(12-8)10(4,5)6/h9H,7-8H2,1-6H3;10H,7-9H2,1-6H3;7-9H,1-6H3;7-8H,1-6H3;7-9H2,1-6H3;7H,1-6H3,(H,12,13);7H,1-6H3;9H,7H2,1-6H3;3*7H,1-6H3. The second-order valence-electron chi connectivity index (χ2n) is 64.1. The molecule has 4 aliphatic rings. The van der Waals surface area contributed by atoms with Crippen LogP contribution in [0.15, 0.2) is 79.2 Å². The summed E-state index contributed by atoms with van der Waals surface area (Å²) >= 11 is 1.77. The average Bonchev–Trinajstić information content (AvgIpc) is 1.65. The molecule has 7 aromatic rings. The first-order chi connectivity index (χ1) is 63.2. The summed E-state index contributed by atoms with van der Waals surface area (Å²) in [6.45, 7) is 152. The molecule has 3 unspecified atom stereocenters. The normalized spacial score (nSPS) is 17.5. The van der Waals surface area contributed by atoms with E-state index in [0.29, 0.717) is 33.9 Å². The number of H-pyrrole nitrogens is 1. The molecule has 3 fully saturated rings. The van der Waals surface area contributed by atoms with Crippen molar-refractivity contribution in [2.75, 3.05) is 39.4 Å². The van der Waals surface area contributed by atoms with E-state index >= 15 is 0 Å². The van der Waals surface area contributed by atoms with Crippen LogP contribution in [-0.2, 0) is 85.7 Å². The van der Waals surface area contributed by atoms with Crippen LogP contribution in [0.5, 0.6) is 0 Å². The van der Waals surface area contributed by atoms with Gasteiger partial charge >= 0.3 is 0 Å². The number of nitrogens with zero attached hydrogens (tertiary/aromatic N) is 13. The number of furan rings is 1. The number of carbonyl (C=O) groups excluding carboxylic acids is 1. The summed E-state index contributed by atoms with van der Waals surface area (Å²) in [5.74, 6) is 5.50. The van der Waals surface area contributed by atoms with E-state index in [1.807, 2.05) is 23.6 Å². The molecule has 20 heteroatoms. The number of aromatic nitrogens is 9. The summed E-state index contributed by atoms with van der Waals surface area (Å²) in [6, 6.07) is 8.60. The Morgan fingerprint density at radius 1 is 0.389 bits per heavy atom. The summed E-state index contributed by atoms with van der Waals surface area (Å²) in [6.07, 6.45) is 13.3. The van der Waals surface area contributed by atoms with E-state index < -0.39 is 0 Å². The quantitative estimate of drug-likeness (QED) is 0.151. The molecule has 11 heterocycles. The third-order valence-electron chi connectivity index (χ3n) is 26.3. The maximum absolute atomic E-state index is 11.8. The van der Waals surface area contributed by atoms with Gasteiger partial charge in [0.05, 0.1) is 64.4 Å². The van der Waals surface area contributed by atoms with Crippen LogP contribution >= 0.6 is 11.3 Å². The first-order valence-corrected chi connectivity index (χ1v) is 55.1. The van der Waals surface area contributed by atoms with Crippen molar-refractivity contribution >= 4 is 23.0 Å². The Morgan fingerprint density at radius 3 is 1.07 bits per heavy atom. The van der Waals surface area contributed by atoms with Crippen molar-refractivity contribution < 1.29 is 23.0 Å². The van der Waals surface area contributed by atoms with Gasteiger partial charge in [0.1, 0.15) is 23.4 Å². The van der Waals surface area contributed by atoms with Crippen molar-refractivity contribution in [3.8, 4) is 0 Å². The number of oxazole rings is 1. The van der Waals surface area contributed by atoms with Crippen LogP contribution in [0.4, 0.5) is 0 Å². The zero-order chi connectivity index (χ0) is 114. The lowest BCUT2D eigenvalue weighted by Crippen LogP contribution is -2.44. The molecule has 3 saturated heterocycles. The van der Waals surface area contributed by atoms with E-state index in [1.165, 1.54) is 65.8 Å². The molecule has 11 rings (SSSR count). The van der Waals surface area contributed by atoms with Crippen LogP contribution in [0.2, 0.25) is 0 Å². The van der Waals surface area contributed by atoms with E-state index in [-0.39, 0.29) is 104 Å². The van der Waals surface area contributed by atoms with Crippen molar-refractivity contribution in [1.82, 2.24) is 64.5 Å². The third-order valence-corrected chi connectivity index (χ3v) is 27.5. The highest BCUT2D eigenvalue weighted by Gasteiger charge is 2.43. The minimum absolute atomic E-state index is 0.00347. The van der Waals surface area contributed by atoms with E-state index in [0.717, 1.165) is 72.2 Å². The highest BCUT2D eigenvalue weighted by Crippen LogP contribution is 2.42. The smallest absolute Gasteiger partial charge is 0.223 e. The van der Waals surface area contributed by atoms with Gasteiger partial charge in [-0.05, 0) is 200 Å². The highest BCUT2D eigenvalue weighted by atomic mass is 32.1. The number of hydrogen-bond donors (Lipinski definition) is 1. The Morgan fingerprint density at radius 2 is 0.847 bits per heavy atom. The zero-order valence-electron chi connectivity index (χ0n) is 107. The molecule has 0 bridgehead atoms. The number of rotatable bonds is 0. The number of likely N-dealkylation sites (tertiary alicyclic amines) is 2. The molecule has 0 saturated carbocycles. The molecule has 0 aliphatic carbocycles. The maximum Gasteiger partial charge on any atom is 0.223 e. The van der Waals surface area contributed by atoms with Crippen LogP contribution in [-0.4, -0.2) is 144 Å². The molecule has 4 aliphatic heterocycles. The summed E-state index contributed by atoms with van der Waals surface area (Å²) < 4.78 is 18.8. The molecule has 832 valence electrons. The van der Waals surface area contributed by atoms with Gasteiger partial charge in [0, 0.05) is 161 Å². The van der Waals surface area contributed by atoms with E-state index in [2.05, 4.69) is 559 Å². The van der Waals surface area contributed by atoms with Crippen molar-refractivity contribution in [2.45, 2.75) is 581 Å². The summed E-state index contributed by atoms with van der Waals surface area (Å²) in [5, 5.41) is 27.8. The van der Waals surface area contributed by atoms with Gasteiger partial charge in [-0.2, -0.15) is 20.1 Å². The number of carbonyl (C=O) groups is 1. The average molecular weight is 2030 g/mol. The Balaban J connectivity index is 0.000000792. The van der Waals surface area contributed by atoms with E-state index in [1.54, 1.807) is 16.1 Å². The third kappa shape index (κ3) is 47.5. The van der Waals surface area contributed by atoms with Crippen molar-refractivity contribution in [1.29, 1.82) is 0 Å². The SMILES string of the molecule is CC(C)(C)C1=NOC(C(C)(C)C)C1.CC(C)(C)C1CC(=O)N(C(C)(C)C)C1.CC(C)(C)C1CCN(C(C)(C)C)C1.CC(C)(C)N1CCN(C(C)(C)C)C1.CC(C)(C)c1cc(C(C)(C)C)[nH]n1.CC(C)(C)c1cc(C(C)(C)C)on1.CC(C)(C)c1ccn(C(C)(C)C)c1.CC(C)(C)c1cnc(C(C)(C)C)o1.CC(C)(C)c1cnn(C(C)(C)C)n1.CC(C)(C)c1coc(C(C)(C)C)c1.CC(C)(C)c1csc(C(C)(C)C)n1. The van der Waals surface area contributed by atoms with Gasteiger partial charge in [0.2, 0.25) is 5.91 Å².